The smallest absolute Gasteiger partial charge is 0.387 e. The lowest BCUT2D eigenvalue weighted by Crippen LogP contribution is -2.43. The van der Waals surface area contributed by atoms with Crippen LogP contribution in [0.1, 0.15) is 18.4 Å². The van der Waals surface area contributed by atoms with Crippen LogP contribution in [-0.2, 0) is 6.54 Å². The fraction of sp³-hybridized carbons (Fsp3) is 0.600. The maximum Gasteiger partial charge on any atom is 0.387 e. The van der Waals surface area contributed by atoms with Crippen LogP contribution in [0.2, 0.25) is 0 Å². The van der Waals surface area contributed by atoms with E-state index in [-0.39, 0.29) is 12.4 Å². The molecule has 0 amide bonds. The van der Waals surface area contributed by atoms with Gasteiger partial charge in [0.15, 0.2) is 0 Å². The van der Waals surface area contributed by atoms with Gasteiger partial charge in [0.2, 0.25) is 0 Å². The summed E-state index contributed by atoms with van der Waals surface area (Å²) < 4.78 is 29.4. The van der Waals surface area contributed by atoms with Crippen molar-refractivity contribution in [1.29, 1.82) is 0 Å². The van der Waals surface area contributed by atoms with Gasteiger partial charge in [-0.25, -0.2) is 0 Å². The van der Waals surface area contributed by atoms with Crippen molar-refractivity contribution in [3.05, 3.63) is 29.8 Å². The van der Waals surface area contributed by atoms with Gasteiger partial charge in [0.25, 0.3) is 0 Å². The summed E-state index contributed by atoms with van der Waals surface area (Å²) in [4.78, 5) is 2.35. The molecule has 0 saturated carbocycles. The maximum atomic E-state index is 12.4. The summed E-state index contributed by atoms with van der Waals surface area (Å²) >= 11 is 0. The van der Waals surface area contributed by atoms with Gasteiger partial charge in [0, 0.05) is 24.7 Å². The Bertz CT molecular complexity index is 461. The van der Waals surface area contributed by atoms with Gasteiger partial charge in [-0.1, -0.05) is 18.2 Å². The van der Waals surface area contributed by atoms with Gasteiger partial charge >= 0.3 is 6.61 Å². The zero-order chi connectivity index (χ0) is 13.9. The molecule has 21 heavy (non-hydrogen) atoms. The van der Waals surface area contributed by atoms with Crippen molar-refractivity contribution >= 4 is 12.4 Å². The summed E-state index contributed by atoms with van der Waals surface area (Å²) in [6.07, 6.45) is 2.36. The first-order valence-corrected chi connectivity index (χ1v) is 7.21. The van der Waals surface area contributed by atoms with Crippen molar-refractivity contribution in [2.75, 3.05) is 19.6 Å². The predicted octanol–water partition coefficient (Wildman–Crippen LogP) is 2.89. The van der Waals surface area contributed by atoms with E-state index >= 15 is 0 Å². The first kappa shape index (κ1) is 16.5. The molecule has 6 heteroatoms. The number of benzene rings is 1. The second-order valence-electron chi connectivity index (χ2n) is 5.62. The number of hydrogen-bond acceptors (Lipinski definition) is 3. The van der Waals surface area contributed by atoms with Gasteiger partial charge in [-0.15, -0.1) is 12.4 Å². The molecule has 2 unspecified atom stereocenters. The Morgan fingerprint density at radius 2 is 2.10 bits per heavy atom. The lowest BCUT2D eigenvalue weighted by atomic mass is 9.93. The van der Waals surface area contributed by atoms with Crippen molar-refractivity contribution in [3.63, 3.8) is 0 Å². The van der Waals surface area contributed by atoms with E-state index in [1.165, 1.54) is 6.42 Å². The Hall–Kier alpha value is -0.910. The average Bonchev–Trinajstić information content (AvgIpc) is 2.88. The molecular weight excluding hydrogens is 298 g/mol. The summed E-state index contributed by atoms with van der Waals surface area (Å²) in [5.74, 6) is 1.00. The molecule has 118 valence electrons. The van der Waals surface area contributed by atoms with Crippen molar-refractivity contribution in [2.45, 2.75) is 32.0 Å². The third-order valence-electron chi connectivity index (χ3n) is 4.32. The highest BCUT2D eigenvalue weighted by molar-refractivity contribution is 5.85. The van der Waals surface area contributed by atoms with Crippen LogP contribution in [0.4, 0.5) is 8.78 Å². The molecule has 0 aliphatic carbocycles. The molecule has 2 atom stereocenters. The zero-order valence-corrected chi connectivity index (χ0v) is 12.6. The number of hydrogen-bond donors (Lipinski definition) is 1. The van der Waals surface area contributed by atoms with Gasteiger partial charge in [-0.2, -0.15) is 8.78 Å². The molecule has 2 saturated heterocycles. The Morgan fingerprint density at radius 3 is 2.90 bits per heavy atom. The molecule has 0 bridgehead atoms. The number of halogens is 3. The molecule has 3 rings (SSSR count). The fourth-order valence-electron chi connectivity index (χ4n) is 3.35. The molecule has 2 fully saturated rings. The molecule has 1 aromatic carbocycles. The molecular formula is C15H21ClF2N2O. The fourth-order valence-corrected chi connectivity index (χ4v) is 3.35. The first-order chi connectivity index (χ1) is 9.72. The van der Waals surface area contributed by atoms with Crippen LogP contribution in [-0.4, -0.2) is 37.2 Å². The minimum Gasteiger partial charge on any atom is -0.434 e. The summed E-state index contributed by atoms with van der Waals surface area (Å²) in [6.45, 7) is 1.08. The Kier molecular flexibility index (Phi) is 5.79. The van der Waals surface area contributed by atoms with Crippen LogP contribution in [0.25, 0.3) is 0 Å². The summed E-state index contributed by atoms with van der Waals surface area (Å²) in [5.41, 5.74) is 0.845. The van der Waals surface area contributed by atoms with Crippen LogP contribution < -0.4 is 10.1 Å². The highest BCUT2D eigenvalue weighted by atomic mass is 35.5. The molecule has 2 aliphatic rings. The third-order valence-corrected chi connectivity index (χ3v) is 4.32. The lowest BCUT2D eigenvalue weighted by Gasteiger charge is -2.35. The van der Waals surface area contributed by atoms with Crippen molar-refractivity contribution in [3.8, 4) is 5.75 Å². The molecule has 2 heterocycles. The Labute approximate surface area is 130 Å². The topological polar surface area (TPSA) is 24.5 Å². The van der Waals surface area contributed by atoms with Gasteiger partial charge in [-0.3, -0.25) is 4.90 Å². The third kappa shape index (κ3) is 4.05. The maximum absolute atomic E-state index is 12.4. The van der Waals surface area contributed by atoms with Gasteiger partial charge in [0.1, 0.15) is 5.75 Å². The zero-order valence-electron chi connectivity index (χ0n) is 11.8. The number of para-hydroxylation sites is 1. The van der Waals surface area contributed by atoms with Gasteiger partial charge in [0.05, 0.1) is 0 Å². The normalized spacial score (nSPS) is 25.5. The van der Waals surface area contributed by atoms with E-state index in [2.05, 4.69) is 15.0 Å². The number of rotatable bonds is 4. The van der Waals surface area contributed by atoms with Gasteiger partial charge < -0.3 is 10.1 Å². The monoisotopic (exact) mass is 318 g/mol. The molecule has 0 aromatic heterocycles. The molecule has 2 aliphatic heterocycles. The predicted molar refractivity (Wildman–Crippen MR) is 80.1 cm³/mol. The van der Waals surface area contributed by atoms with Crippen molar-refractivity contribution in [2.24, 2.45) is 5.92 Å². The highest BCUT2D eigenvalue weighted by Gasteiger charge is 2.32. The van der Waals surface area contributed by atoms with Crippen LogP contribution in [0.15, 0.2) is 24.3 Å². The molecule has 1 N–H and O–H groups in total. The van der Waals surface area contributed by atoms with Crippen molar-refractivity contribution < 1.29 is 13.5 Å². The second kappa shape index (κ2) is 7.38. The average molecular weight is 319 g/mol. The SMILES string of the molecule is Cl.FC(F)Oc1ccccc1CN1CCC2NCCC2C1. The first-order valence-electron chi connectivity index (χ1n) is 7.21. The number of likely N-dealkylation sites (tertiary alicyclic amines) is 1. The molecule has 0 spiro atoms. The summed E-state index contributed by atoms with van der Waals surface area (Å²) in [6, 6.07) is 7.74. The summed E-state index contributed by atoms with van der Waals surface area (Å²) in [7, 11) is 0. The molecule has 1 aromatic rings. The quantitative estimate of drug-likeness (QED) is 0.924. The Balaban J connectivity index is 0.00000161. The van der Waals surface area contributed by atoms with Crippen molar-refractivity contribution in [1.82, 2.24) is 10.2 Å². The van der Waals surface area contributed by atoms with Crippen LogP contribution in [0.3, 0.4) is 0 Å². The van der Waals surface area contributed by atoms with Crippen LogP contribution >= 0.6 is 12.4 Å². The Morgan fingerprint density at radius 1 is 1.29 bits per heavy atom. The standard InChI is InChI=1S/C15H20F2N2O.ClH/c16-15(17)20-14-4-2-1-3-12(14)10-19-8-6-13-11(9-19)5-7-18-13;/h1-4,11,13,15,18H,5-10H2;1H. The van der Waals surface area contributed by atoms with E-state index in [9.17, 15) is 8.78 Å². The van der Waals surface area contributed by atoms with E-state index in [0.717, 1.165) is 31.6 Å². The van der Waals surface area contributed by atoms with E-state index < -0.39 is 6.61 Å². The number of nitrogens with zero attached hydrogens (tertiary/aromatic N) is 1. The highest BCUT2D eigenvalue weighted by Crippen LogP contribution is 2.28. The number of ether oxygens (including phenoxy) is 1. The minimum absolute atomic E-state index is 0. The summed E-state index contributed by atoms with van der Waals surface area (Å²) in [5, 5.41) is 3.53. The number of nitrogens with one attached hydrogen (secondary N) is 1. The number of fused-ring (bicyclic) bond motifs is 1. The van der Waals surface area contributed by atoms with E-state index in [4.69, 9.17) is 0 Å². The largest absolute Gasteiger partial charge is 0.434 e. The lowest BCUT2D eigenvalue weighted by molar-refractivity contribution is -0.0508. The van der Waals surface area contributed by atoms with E-state index in [0.29, 0.717) is 24.3 Å². The van der Waals surface area contributed by atoms with Gasteiger partial charge in [-0.05, 0) is 37.9 Å². The number of piperidine rings is 1. The molecule has 3 nitrogen and oxygen atoms in total. The second-order valence-corrected chi connectivity index (χ2v) is 5.62. The van der Waals surface area contributed by atoms with Crippen LogP contribution in [0, 0.1) is 5.92 Å². The van der Waals surface area contributed by atoms with E-state index in [1.54, 1.807) is 12.1 Å². The number of alkyl halides is 2. The van der Waals surface area contributed by atoms with E-state index in [1.807, 2.05) is 12.1 Å². The molecule has 0 radical (unpaired) electrons. The minimum atomic E-state index is -2.76. The van der Waals surface area contributed by atoms with Crippen LogP contribution in [0.5, 0.6) is 5.75 Å².